The van der Waals surface area contributed by atoms with Crippen LogP contribution in [0.1, 0.15) is 33.2 Å². The van der Waals surface area contributed by atoms with Gasteiger partial charge in [-0.1, -0.05) is 26.0 Å². The van der Waals surface area contributed by atoms with Crippen LogP contribution >= 0.6 is 0 Å². The highest BCUT2D eigenvalue weighted by Gasteiger charge is 2.08. The predicted octanol–water partition coefficient (Wildman–Crippen LogP) is 3.23. The molecule has 0 spiro atoms. The zero-order valence-electron chi connectivity index (χ0n) is 11.6. The quantitative estimate of drug-likeness (QED) is 0.792. The molecule has 0 aliphatic rings. The molecule has 1 N–H and O–H groups in total. The highest BCUT2D eigenvalue weighted by molar-refractivity contribution is 5.75. The number of nitrogens with zero attached hydrogens (tertiary/aromatic N) is 2. The van der Waals surface area contributed by atoms with Gasteiger partial charge in [-0.3, -0.25) is 0 Å². The highest BCUT2D eigenvalue weighted by atomic mass is 15.1. The Morgan fingerprint density at radius 1 is 1.22 bits per heavy atom. The molecule has 0 aliphatic carbocycles. The summed E-state index contributed by atoms with van der Waals surface area (Å²) in [4.78, 5) is 4.44. The number of fused-ring (bicyclic) bond motifs is 1. The molecule has 2 rings (SSSR count). The predicted molar refractivity (Wildman–Crippen MR) is 76.8 cm³/mol. The molecule has 2 aromatic rings. The number of para-hydroxylation sites is 2. The number of rotatable bonds is 6. The van der Waals surface area contributed by atoms with E-state index in [4.69, 9.17) is 0 Å². The molecule has 98 valence electrons. The van der Waals surface area contributed by atoms with Crippen molar-refractivity contribution in [1.29, 1.82) is 0 Å². The van der Waals surface area contributed by atoms with Crippen molar-refractivity contribution in [3.8, 4) is 0 Å². The maximum absolute atomic E-state index is 4.44. The summed E-state index contributed by atoms with van der Waals surface area (Å²) in [5.74, 6) is 0.717. The van der Waals surface area contributed by atoms with Crippen LogP contribution in [0, 0.1) is 5.92 Å². The summed E-state index contributed by atoms with van der Waals surface area (Å²) >= 11 is 0. The molecule has 1 aromatic carbocycles. The van der Waals surface area contributed by atoms with Crippen LogP contribution in [-0.4, -0.2) is 22.6 Å². The van der Waals surface area contributed by atoms with E-state index in [0.717, 1.165) is 30.9 Å². The van der Waals surface area contributed by atoms with Gasteiger partial charge < -0.3 is 9.88 Å². The van der Waals surface area contributed by atoms with Crippen LogP contribution in [0.2, 0.25) is 0 Å². The fraction of sp³-hybridized carbons (Fsp3) is 0.533. The van der Waals surface area contributed by atoms with E-state index >= 15 is 0 Å². The first-order valence-corrected chi connectivity index (χ1v) is 6.80. The average Bonchev–Trinajstić information content (AvgIpc) is 2.78. The molecule has 1 unspecified atom stereocenters. The molecule has 0 radical (unpaired) electrons. The van der Waals surface area contributed by atoms with E-state index in [9.17, 15) is 0 Å². The highest BCUT2D eigenvalue weighted by Crippen LogP contribution is 2.18. The third-order valence-electron chi connectivity index (χ3n) is 3.25. The van der Waals surface area contributed by atoms with Crippen molar-refractivity contribution in [2.45, 2.75) is 33.2 Å². The van der Waals surface area contributed by atoms with E-state index in [1.807, 2.05) is 12.4 Å². The zero-order valence-corrected chi connectivity index (χ0v) is 11.6. The molecule has 1 heterocycles. The summed E-state index contributed by atoms with van der Waals surface area (Å²) in [5.41, 5.74) is 2.31. The van der Waals surface area contributed by atoms with Gasteiger partial charge in [0.25, 0.3) is 0 Å². The van der Waals surface area contributed by atoms with Gasteiger partial charge in [0.1, 0.15) is 0 Å². The second-order valence-electron chi connectivity index (χ2n) is 5.38. The number of aromatic nitrogens is 2. The van der Waals surface area contributed by atoms with Gasteiger partial charge in [-0.2, -0.15) is 0 Å². The van der Waals surface area contributed by atoms with Gasteiger partial charge in [-0.15, -0.1) is 0 Å². The minimum atomic E-state index is 0.483. The summed E-state index contributed by atoms with van der Waals surface area (Å²) in [6, 6.07) is 8.80. The number of nitrogens with one attached hydrogen (secondary N) is 1. The van der Waals surface area contributed by atoms with Crippen LogP contribution < -0.4 is 5.32 Å². The van der Waals surface area contributed by atoms with Gasteiger partial charge >= 0.3 is 0 Å². The molecule has 1 atom stereocenters. The van der Waals surface area contributed by atoms with Gasteiger partial charge in [-0.25, -0.2) is 4.98 Å². The lowest BCUT2D eigenvalue weighted by atomic mass is 10.2. The fourth-order valence-electron chi connectivity index (χ4n) is 2.17. The SMILES string of the molecule is CC(C)CNCCC(C)n1cnc2ccccc21. The molecule has 3 heteroatoms. The summed E-state index contributed by atoms with van der Waals surface area (Å²) < 4.78 is 2.27. The van der Waals surface area contributed by atoms with Crippen molar-refractivity contribution in [2.24, 2.45) is 5.92 Å². The second kappa shape index (κ2) is 6.01. The maximum Gasteiger partial charge on any atom is 0.0960 e. The first-order valence-electron chi connectivity index (χ1n) is 6.80. The zero-order chi connectivity index (χ0) is 13.0. The van der Waals surface area contributed by atoms with Crippen molar-refractivity contribution in [3.63, 3.8) is 0 Å². The summed E-state index contributed by atoms with van der Waals surface area (Å²) in [7, 11) is 0. The van der Waals surface area contributed by atoms with Crippen LogP contribution in [-0.2, 0) is 0 Å². The minimum absolute atomic E-state index is 0.483. The van der Waals surface area contributed by atoms with Gasteiger partial charge in [0.15, 0.2) is 0 Å². The van der Waals surface area contributed by atoms with Crippen molar-refractivity contribution < 1.29 is 0 Å². The largest absolute Gasteiger partial charge is 0.328 e. The van der Waals surface area contributed by atoms with Crippen LogP contribution in [0.3, 0.4) is 0 Å². The first kappa shape index (κ1) is 13.1. The monoisotopic (exact) mass is 245 g/mol. The second-order valence-corrected chi connectivity index (χ2v) is 5.38. The molecule has 0 aliphatic heterocycles. The van der Waals surface area contributed by atoms with E-state index in [1.54, 1.807) is 0 Å². The van der Waals surface area contributed by atoms with Crippen molar-refractivity contribution in [1.82, 2.24) is 14.9 Å². The van der Waals surface area contributed by atoms with Gasteiger partial charge in [0.05, 0.1) is 17.4 Å². The Kier molecular flexibility index (Phi) is 4.37. The van der Waals surface area contributed by atoms with Gasteiger partial charge in [-0.05, 0) is 44.5 Å². The minimum Gasteiger partial charge on any atom is -0.328 e. The van der Waals surface area contributed by atoms with E-state index < -0.39 is 0 Å². The van der Waals surface area contributed by atoms with Crippen LogP contribution in [0.4, 0.5) is 0 Å². The van der Waals surface area contributed by atoms with E-state index in [2.05, 4.69) is 53.8 Å². The smallest absolute Gasteiger partial charge is 0.0960 e. The Morgan fingerprint density at radius 2 is 2.00 bits per heavy atom. The van der Waals surface area contributed by atoms with E-state index in [-0.39, 0.29) is 0 Å². The number of hydrogen-bond acceptors (Lipinski definition) is 2. The summed E-state index contributed by atoms with van der Waals surface area (Å²) in [6.45, 7) is 8.88. The topological polar surface area (TPSA) is 29.9 Å². The van der Waals surface area contributed by atoms with E-state index in [0.29, 0.717) is 6.04 Å². The molecule has 18 heavy (non-hydrogen) atoms. The third kappa shape index (κ3) is 3.10. The molecule has 0 saturated heterocycles. The molecular weight excluding hydrogens is 222 g/mol. The molecule has 3 nitrogen and oxygen atoms in total. The van der Waals surface area contributed by atoms with Gasteiger partial charge in [0, 0.05) is 6.04 Å². The van der Waals surface area contributed by atoms with Gasteiger partial charge in [0.2, 0.25) is 0 Å². The van der Waals surface area contributed by atoms with Crippen molar-refractivity contribution in [2.75, 3.05) is 13.1 Å². The molecule has 0 bridgehead atoms. The lowest BCUT2D eigenvalue weighted by Gasteiger charge is -2.15. The maximum atomic E-state index is 4.44. The Morgan fingerprint density at radius 3 is 2.78 bits per heavy atom. The molecule has 0 saturated carbocycles. The summed E-state index contributed by atoms with van der Waals surface area (Å²) in [6.07, 6.45) is 3.09. The third-order valence-corrected chi connectivity index (χ3v) is 3.25. The lowest BCUT2D eigenvalue weighted by molar-refractivity contribution is 0.471. The molecule has 1 aromatic heterocycles. The van der Waals surface area contributed by atoms with Crippen LogP contribution in [0.5, 0.6) is 0 Å². The average molecular weight is 245 g/mol. The molecule has 0 amide bonds. The van der Waals surface area contributed by atoms with Crippen LogP contribution in [0.15, 0.2) is 30.6 Å². The first-order chi connectivity index (χ1) is 8.68. The fourth-order valence-corrected chi connectivity index (χ4v) is 2.17. The van der Waals surface area contributed by atoms with Crippen molar-refractivity contribution in [3.05, 3.63) is 30.6 Å². The molecule has 0 fully saturated rings. The Bertz CT molecular complexity index is 487. The van der Waals surface area contributed by atoms with Crippen LogP contribution in [0.25, 0.3) is 11.0 Å². The summed E-state index contributed by atoms with van der Waals surface area (Å²) in [5, 5.41) is 3.49. The number of imidazole rings is 1. The number of benzene rings is 1. The standard InChI is InChI=1S/C15H23N3/c1-12(2)10-16-9-8-13(3)18-11-17-14-6-4-5-7-15(14)18/h4-7,11-13,16H,8-10H2,1-3H3. The van der Waals surface area contributed by atoms with Crippen molar-refractivity contribution >= 4 is 11.0 Å². The molecular formula is C15H23N3. The Labute approximate surface area is 109 Å². The normalized spacial score (nSPS) is 13.3. The Hall–Kier alpha value is -1.35. The lowest BCUT2D eigenvalue weighted by Crippen LogP contribution is -2.22. The van der Waals surface area contributed by atoms with E-state index in [1.165, 1.54) is 5.52 Å². The number of hydrogen-bond donors (Lipinski definition) is 1. The Balaban J connectivity index is 1.94.